The van der Waals surface area contributed by atoms with E-state index >= 15 is 0 Å². The Morgan fingerprint density at radius 1 is 1.16 bits per heavy atom. The maximum atomic E-state index is 13.1. The van der Waals surface area contributed by atoms with E-state index in [1.54, 1.807) is 24.3 Å². The summed E-state index contributed by atoms with van der Waals surface area (Å²) in [5.74, 6) is -0.936. The first kappa shape index (κ1) is 22.7. The van der Waals surface area contributed by atoms with Crippen LogP contribution in [-0.2, 0) is 19.9 Å². The molecule has 3 N–H and O–H groups in total. The van der Waals surface area contributed by atoms with Crippen LogP contribution in [0.25, 0.3) is 0 Å². The number of carbonyl (C=O) groups excluding carboxylic acids is 4. The molecule has 0 saturated carbocycles. The molecule has 0 spiro atoms. The quantitative estimate of drug-likeness (QED) is 0.563. The third-order valence-electron chi connectivity index (χ3n) is 5.95. The van der Waals surface area contributed by atoms with Crippen molar-refractivity contribution in [2.75, 3.05) is 19.6 Å². The van der Waals surface area contributed by atoms with Gasteiger partial charge in [-0.1, -0.05) is 51.1 Å². The molecule has 0 bridgehead atoms. The van der Waals surface area contributed by atoms with Crippen LogP contribution in [0.15, 0.2) is 30.3 Å². The molecule has 0 aliphatic carbocycles. The molecular weight excluding hydrogens is 398 g/mol. The van der Waals surface area contributed by atoms with Crippen molar-refractivity contribution in [2.24, 2.45) is 5.92 Å². The van der Waals surface area contributed by atoms with Gasteiger partial charge in [-0.25, -0.2) is 4.79 Å². The number of hydrogen-bond donors (Lipinski definition) is 3. The predicted octanol–water partition coefficient (Wildman–Crippen LogP) is 1.11. The normalized spacial score (nSPS) is 22.5. The maximum absolute atomic E-state index is 13.1. The Morgan fingerprint density at radius 3 is 2.39 bits per heavy atom. The monoisotopic (exact) mass is 429 g/mol. The molecule has 9 nitrogen and oxygen atoms in total. The number of likely N-dealkylation sites (tertiary alicyclic amines) is 1. The summed E-state index contributed by atoms with van der Waals surface area (Å²) in [7, 11) is 0. The van der Waals surface area contributed by atoms with Crippen LogP contribution in [0, 0.1) is 5.92 Å². The third kappa shape index (κ3) is 4.87. The van der Waals surface area contributed by atoms with Crippen LogP contribution in [0.1, 0.15) is 45.6 Å². The minimum Gasteiger partial charge on any atom is -0.353 e. The molecule has 2 aliphatic rings. The molecule has 2 heterocycles. The highest BCUT2D eigenvalue weighted by molar-refractivity contribution is 6.08. The van der Waals surface area contributed by atoms with Gasteiger partial charge in [0.2, 0.25) is 5.91 Å². The van der Waals surface area contributed by atoms with E-state index in [0.29, 0.717) is 25.1 Å². The van der Waals surface area contributed by atoms with Crippen molar-refractivity contribution in [2.45, 2.75) is 51.6 Å². The van der Waals surface area contributed by atoms with E-state index in [2.05, 4.69) is 16.1 Å². The average molecular weight is 430 g/mol. The zero-order chi connectivity index (χ0) is 22.6. The highest BCUT2D eigenvalue weighted by Crippen LogP contribution is 2.31. The zero-order valence-electron chi connectivity index (χ0n) is 18.3. The van der Waals surface area contributed by atoms with Gasteiger partial charge in [-0.3, -0.25) is 24.7 Å². The highest BCUT2D eigenvalue weighted by atomic mass is 16.2. The highest BCUT2D eigenvalue weighted by Gasteiger charge is 2.52. The summed E-state index contributed by atoms with van der Waals surface area (Å²) in [4.78, 5) is 51.9. The molecule has 2 fully saturated rings. The fourth-order valence-electron chi connectivity index (χ4n) is 4.01. The molecule has 1 aromatic carbocycles. The molecule has 1 aromatic rings. The first-order chi connectivity index (χ1) is 14.8. The number of benzene rings is 1. The number of hydrogen-bond acceptors (Lipinski definition) is 5. The van der Waals surface area contributed by atoms with E-state index in [9.17, 15) is 19.2 Å². The van der Waals surface area contributed by atoms with E-state index in [1.165, 1.54) is 0 Å². The van der Waals surface area contributed by atoms with Crippen molar-refractivity contribution in [3.63, 3.8) is 0 Å². The summed E-state index contributed by atoms with van der Waals surface area (Å²) in [6.07, 6.45) is 1.87. The summed E-state index contributed by atoms with van der Waals surface area (Å²) in [6, 6.07) is 8.49. The first-order valence-electron chi connectivity index (χ1n) is 10.8. The number of urea groups is 1. The van der Waals surface area contributed by atoms with Crippen molar-refractivity contribution < 1.29 is 19.2 Å². The molecule has 0 aromatic heterocycles. The molecule has 1 unspecified atom stereocenters. The lowest BCUT2D eigenvalue weighted by Gasteiger charge is -2.32. The van der Waals surface area contributed by atoms with Crippen LogP contribution in [-0.4, -0.2) is 59.3 Å². The van der Waals surface area contributed by atoms with E-state index in [1.807, 2.05) is 31.7 Å². The molecule has 31 heavy (non-hydrogen) atoms. The van der Waals surface area contributed by atoms with Gasteiger partial charge in [0.1, 0.15) is 5.54 Å². The molecule has 2 aliphatic heterocycles. The van der Waals surface area contributed by atoms with Gasteiger partial charge in [0.25, 0.3) is 11.8 Å². The molecule has 1 atom stereocenters. The minimum atomic E-state index is -1.18. The largest absolute Gasteiger partial charge is 0.353 e. The number of piperidine rings is 1. The Labute approximate surface area is 182 Å². The number of nitrogens with zero attached hydrogens (tertiary/aromatic N) is 2. The predicted molar refractivity (Wildman–Crippen MR) is 114 cm³/mol. The Morgan fingerprint density at radius 2 is 1.81 bits per heavy atom. The fraction of sp³-hybridized carbons (Fsp3) is 0.545. The molecule has 3 rings (SSSR count). The Hall–Kier alpha value is -2.94. The van der Waals surface area contributed by atoms with Crippen molar-refractivity contribution in [1.29, 1.82) is 0 Å². The van der Waals surface area contributed by atoms with Gasteiger partial charge >= 0.3 is 6.03 Å². The topological polar surface area (TPSA) is 111 Å². The van der Waals surface area contributed by atoms with Crippen molar-refractivity contribution in [3.05, 3.63) is 35.9 Å². The SMILES string of the molecule is CCC1(c2ccccc2)NC(=O)N(NC(=O)CN2CCC(NC(=O)C(C)C)CC2)C1=O. The second-order valence-electron chi connectivity index (χ2n) is 8.44. The van der Waals surface area contributed by atoms with Gasteiger partial charge in [0.05, 0.1) is 6.54 Å². The number of nitrogens with one attached hydrogen (secondary N) is 3. The van der Waals surface area contributed by atoms with E-state index in [0.717, 1.165) is 17.9 Å². The molecule has 2 saturated heterocycles. The Bertz CT molecular complexity index is 836. The number of amides is 5. The van der Waals surface area contributed by atoms with Crippen LogP contribution < -0.4 is 16.1 Å². The van der Waals surface area contributed by atoms with Gasteiger partial charge in [0.15, 0.2) is 0 Å². The van der Waals surface area contributed by atoms with Gasteiger partial charge < -0.3 is 10.6 Å². The van der Waals surface area contributed by atoms with Gasteiger partial charge in [-0.05, 0) is 24.8 Å². The summed E-state index contributed by atoms with van der Waals surface area (Å²) in [5.41, 5.74) is 1.96. The summed E-state index contributed by atoms with van der Waals surface area (Å²) < 4.78 is 0. The van der Waals surface area contributed by atoms with Crippen LogP contribution in [0.4, 0.5) is 4.79 Å². The van der Waals surface area contributed by atoms with E-state index in [-0.39, 0.29) is 24.4 Å². The van der Waals surface area contributed by atoms with Crippen LogP contribution in [0.3, 0.4) is 0 Å². The fourth-order valence-corrected chi connectivity index (χ4v) is 4.01. The molecular formula is C22H31N5O4. The van der Waals surface area contributed by atoms with Crippen molar-refractivity contribution in [1.82, 2.24) is 26.0 Å². The lowest BCUT2D eigenvalue weighted by Crippen LogP contribution is -2.52. The second-order valence-corrected chi connectivity index (χ2v) is 8.44. The van der Waals surface area contributed by atoms with Crippen LogP contribution in [0.5, 0.6) is 0 Å². The molecule has 5 amide bonds. The lowest BCUT2D eigenvalue weighted by atomic mass is 9.87. The summed E-state index contributed by atoms with van der Waals surface area (Å²) in [5, 5.41) is 6.55. The number of rotatable bonds is 7. The van der Waals surface area contributed by atoms with Gasteiger partial charge in [-0.2, -0.15) is 5.01 Å². The third-order valence-corrected chi connectivity index (χ3v) is 5.95. The number of hydrazine groups is 1. The molecule has 0 radical (unpaired) electrons. The van der Waals surface area contributed by atoms with E-state index in [4.69, 9.17) is 0 Å². The van der Waals surface area contributed by atoms with E-state index < -0.39 is 23.4 Å². The van der Waals surface area contributed by atoms with Crippen LogP contribution in [0.2, 0.25) is 0 Å². The molecule has 168 valence electrons. The smallest absolute Gasteiger partial charge is 0.344 e. The van der Waals surface area contributed by atoms with Crippen molar-refractivity contribution in [3.8, 4) is 0 Å². The average Bonchev–Trinajstić information content (AvgIpc) is 3.00. The zero-order valence-corrected chi connectivity index (χ0v) is 18.3. The standard InChI is InChI=1S/C22H31N5O4/c1-4-22(16-8-6-5-7-9-16)20(30)27(21(31)24-22)25-18(28)14-26-12-10-17(11-13-26)23-19(29)15(2)3/h5-9,15,17H,4,10-14H2,1-3H3,(H,23,29)(H,24,31)(H,25,28). The first-order valence-corrected chi connectivity index (χ1v) is 10.8. The summed E-state index contributed by atoms with van der Waals surface area (Å²) in [6.45, 7) is 6.91. The lowest BCUT2D eigenvalue weighted by molar-refractivity contribution is -0.140. The minimum absolute atomic E-state index is 0.0348. The second kappa shape index (κ2) is 9.47. The Balaban J connectivity index is 1.55. The Kier molecular flexibility index (Phi) is 6.94. The van der Waals surface area contributed by atoms with Gasteiger partial charge in [-0.15, -0.1) is 0 Å². The number of imide groups is 1. The maximum Gasteiger partial charge on any atom is 0.344 e. The number of carbonyl (C=O) groups is 4. The van der Waals surface area contributed by atoms with Crippen LogP contribution >= 0.6 is 0 Å². The van der Waals surface area contributed by atoms with Gasteiger partial charge in [0, 0.05) is 25.0 Å². The molecule has 9 heteroatoms. The van der Waals surface area contributed by atoms with Crippen molar-refractivity contribution >= 4 is 23.8 Å². The summed E-state index contributed by atoms with van der Waals surface area (Å²) >= 11 is 0.